The molecule has 0 fully saturated rings. The van der Waals surface area contributed by atoms with Crippen LogP contribution in [0.3, 0.4) is 0 Å². The molecule has 0 spiro atoms. The monoisotopic (exact) mass is 1340 g/mol. The van der Waals surface area contributed by atoms with E-state index in [0.717, 1.165) is 95.8 Å². The lowest BCUT2D eigenvalue weighted by atomic mass is 10.0. The molecule has 0 aliphatic rings. The Morgan fingerprint density at radius 3 is 0.747 bits per heavy atom. The predicted molar refractivity (Wildman–Crippen MR) is 368 cm³/mol. The Hall–Kier alpha value is -1.94. The number of ether oxygens (including phenoxy) is 4. The molecule has 91 heavy (non-hydrogen) atoms. The van der Waals surface area contributed by atoms with Gasteiger partial charge in [-0.15, -0.1) is 0 Å². The van der Waals surface area contributed by atoms with Crippen molar-refractivity contribution < 1.29 is 80.2 Å². The molecule has 0 amide bonds. The van der Waals surface area contributed by atoms with Crippen LogP contribution in [-0.2, 0) is 65.4 Å². The van der Waals surface area contributed by atoms with E-state index in [9.17, 15) is 43.2 Å². The Labute approximate surface area is 556 Å². The summed E-state index contributed by atoms with van der Waals surface area (Å²) in [5.74, 6) is -1.40. The van der Waals surface area contributed by atoms with Gasteiger partial charge in [-0.1, -0.05) is 324 Å². The summed E-state index contributed by atoms with van der Waals surface area (Å²) in [4.78, 5) is 72.6. The first kappa shape index (κ1) is 89.1. The normalized spacial score (nSPS) is 14.0. The van der Waals surface area contributed by atoms with E-state index in [1.807, 2.05) is 0 Å². The smallest absolute Gasteiger partial charge is 0.462 e. The van der Waals surface area contributed by atoms with Crippen LogP contribution in [0.1, 0.15) is 375 Å². The van der Waals surface area contributed by atoms with Crippen molar-refractivity contribution in [3.05, 3.63) is 0 Å². The van der Waals surface area contributed by atoms with Crippen molar-refractivity contribution in [3.63, 3.8) is 0 Å². The van der Waals surface area contributed by atoms with Gasteiger partial charge in [-0.25, -0.2) is 9.13 Å². The van der Waals surface area contributed by atoms with Crippen molar-refractivity contribution in [1.29, 1.82) is 0 Å². The van der Waals surface area contributed by atoms with E-state index in [0.29, 0.717) is 25.7 Å². The van der Waals surface area contributed by atoms with E-state index in [-0.39, 0.29) is 25.7 Å². The minimum atomic E-state index is -4.95. The fourth-order valence-corrected chi connectivity index (χ4v) is 12.6. The van der Waals surface area contributed by atoms with Crippen molar-refractivity contribution in [2.24, 2.45) is 5.92 Å². The summed E-state index contributed by atoms with van der Waals surface area (Å²) in [6.45, 7) is 7.21. The van der Waals surface area contributed by atoms with Crippen LogP contribution >= 0.6 is 15.6 Å². The number of hydrogen-bond acceptors (Lipinski definition) is 15. The average molecular weight is 1340 g/mol. The fourth-order valence-electron chi connectivity index (χ4n) is 11.0. The molecule has 0 saturated heterocycles. The second-order valence-electron chi connectivity index (χ2n) is 26.5. The Balaban J connectivity index is 5.22. The van der Waals surface area contributed by atoms with E-state index in [1.54, 1.807) is 0 Å². The summed E-state index contributed by atoms with van der Waals surface area (Å²) < 4.78 is 68.3. The average Bonchev–Trinajstić information content (AvgIpc) is 3.58. The van der Waals surface area contributed by atoms with Crippen LogP contribution < -0.4 is 0 Å². The molecule has 17 nitrogen and oxygen atoms in total. The van der Waals surface area contributed by atoms with Crippen LogP contribution in [0.4, 0.5) is 0 Å². The molecule has 5 atom stereocenters. The zero-order valence-corrected chi connectivity index (χ0v) is 60.8. The number of hydrogen-bond donors (Lipinski definition) is 3. The maximum atomic E-state index is 13.0. The van der Waals surface area contributed by atoms with Gasteiger partial charge in [-0.05, 0) is 31.6 Å². The highest BCUT2D eigenvalue weighted by molar-refractivity contribution is 7.47. The number of phosphoric ester groups is 2. The minimum Gasteiger partial charge on any atom is -0.462 e. The third kappa shape index (κ3) is 66.5. The first-order valence-corrected chi connectivity index (χ1v) is 40.6. The third-order valence-corrected chi connectivity index (χ3v) is 18.7. The zero-order chi connectivity index (χ0) is 67.0. The van der Waals surface area contributed by atoms with Crippen LogP contribution in [0.2, 0.25) is 0 Å². The van der Waals surface area contributed by atoms with E-state index in [1.165, 1.54) is 199 Å². The number of aliphatic hydroxyl groups excluding tert-OH is 1. The molecule has 0 aliphatic heterocycles. The Bertz CT molecular complexity index is 1750. The number of carbonyl (C=O) groups excluding carboxylic acids is 4. The molecule has 0 rings (SSSR count). The maximum Gasteiger partial charge on any atom is 0.472 e. The SMILES string of the molecule is CCCCCCCCCCCCCCCCCCCC(=O)O[C@H](COC(=O)CCCCCCCCCCCCCCCC)COP(=O)(O)OC[C@@H](O)COP(=O)(O)OC[C@@H](COC(=O)CCCCCCCCCCC)OC(=O)CCCCCCCCCCC(C)C. The second-order valence-corrected chi connectivity index (χ2v) is 29.4. The molecule has 0 bridgehead atoms. The predicted octanol–water partition coefficient (Wildman–Crippen LogP) is 20.9. The van der Waals surface area contributed by atoms with Gasteiger partial charge in [0, 0.05) is 25.7 Å². The molecule has 0 aromatic heterocycles. The highest BCUT2D eigenvalue weighted by Crippen LogP contribution is 2.45. The molecule has 0 aliphatic carbocycles. The van der Waals surface area contributed by atoms with Crippen molar-refractivity contribution in [2.75, 3.05) is 39.6 Å². The Morgan fingerprint density at radius 1 is 0.297 bits per heavy atom. The number of phosphoric acid groups is 2. The summed E-state index contributed by atoms with van der Waals surface area (Å²) in [6.07, 6.45) is 52.7. The summed E-state index contributed by atoms with van der Waals surface area (Å²) in [5.41, 5.74) is 0. The molecule has 540 valence electrons. The lowest BCUT2D eigenvalue weighted by molar-refractivity contribution is -0.161. The van der Waals surface area contributed by atoms with Gasteiger partial charge in [0.05, 0.1) is 26.4 Å². The third-order valence-electron chi connectivity index (χ3n) is 16.8. The molecule has 3 N–H and O–H groups in total. The molecule has 0 heterocycles. The summed E-state index contributed by atoms with van der Waals surface area (Å²) in [6, 6.07) is 0. The van der Waals surface area contributed by atoms with Gasteiger partial charge in [0.2, 0.25) is 0 Å². The lowest BCUT2D eigenvalue weighted by Crippen LogP contribution is -2.30. The zero-order valence-electron chi connectivity index (χ0n) is 59.0. The van der Waals surface area contributed by atoms with Crippen molar-refractivity contribution in [2.45, 2.75) is 393 Å². The first-order chi connectivity index (χ1) is 44.0. The Morgan fingerprint density at radius 2 is 0.505 bits per heavy atom. The molecule has 0 aromatic carbocycles. The molecule has 0 radical (unpaired) electrons. The largest absolute Gasteiger partial charge is 0.472 e. The maximum absolute atomic E-state index is 13.0. The fraction of sp³-hybridized carbons (Fsp3) is 0.944. The number of unbranched alkanes of at least 4 members (excludes halogenated alkanes) is 44. The molecular formula is C72H140O17P2. The van der Waals surface area contributed by atoms with Crippen LogP contribution in [0.15, 0.2) is 0 Å². The van der Waals surface area contributed by atoms with Crippen molar-refractivity contribution >= 4 is 39.5 Å². The lowest BCUT2D eigenvalue weighted by Gasteiger charge is -2.21. The first-order valence-electron chi connectivity index (χ1n) is 37.6. The van der Waals surface area contributed by atoms with Crippen LogP contribution in [0, 0.1) is 5.92 Å². The van der Waals surface area contributed by atoms with Gasteiger partial charge in [-0.2, -0.15) is 0 Å². The second kappa shape index (κ2) is 65.4. The van der Waals surface area contributed by atoms with E-state index >= 15 is 0 Å². The van der Waals surface area contributed by atoms with Crippen LogP contribution in [-0.4, -0.2) is 96.7 Å². The molecule has 2 unspecified atom stereocenters. The Kier molecular flexibility index (Phi) is 64.0. The number of rotatable bonds is 72. The molecule has 0 saturated carbocycles. The van der Waals surface area contributed by atoms with E-state index < -0.39 is 97.5 Å². The van der Waals surface area contributed by atoms with Crippen LogP contribution in [0.25, 0.3) is 0 Å². The van der Waals surface area contributed by atoms with E-state index in [2.05, 4.69) is 34.6 Å². The van der Waals surface area contributed by atoms with Crippen molar-refractivity contribution in [1.82, 2.24) is 0 Å². The van der Waals surface area contributed by atoms with Gasteiger partial charge in [0.25, 0.3) is 0 Å². The number of esters is 4. The van der Waals surface area contributed by atoms with Crippen LogP contribution in [0.5, 0.6) is 0 Å². The molecule has 19 heteroatoms. The van der Waals surface area contributed by atoms with E-state index in [4.69, 9.17) is 37.0 Å². The standard InChI is InChI=1S/C72H140O17P2/c1-6-9-12-15-18-21-23-25-27-28-29-31-33-36-42-47-52-57-71(76)88-67(62-83-70(75)56-51-46-41-35-32-30-26-24-22-19-16-13-10-7-2)63-86-90(78,79)84-59-66(73)60-85-91(80,81)87-64-68(61-82-69(74)55-50-45-40-34-20-17-14-11-8-3)89-72(77)58-53-48-43-38-37-39-44-49-54-65(4)5/h65-68,73H,6-64H2,1-5H3,(H,78,79)(H,80,81)/t66-,67-,68-/m1/s1. The summed E-state index contributed by atoms with van der Waals surface area (Å²) in [5, 5.41) is 10.6. The summed E-state index contributed by atoms with van der Waals surface area (Å²) >= 11 is 0. The number of aliphatic hydroxyl groups is 1. The highest BCUT2D eigenvalue weighted by Gasteiger charge is 2.30. The topological polar surface area (TPSA) is 237 Å². The quantitative estimate of drug-likeness (QED) is 0.0222. The number of carbonyl (C=O) groups is 4. The minimum absolute atomic E-state index is 0.105. The molecule has 0 aromatic rings. The summed E-state index contributed by atoms with van der Waals surface area (Å²) in [7, 11) is -9.90. The van der Waals surface area contributed by atoms with Gasteiger partial charge in [0.15, 0.2) is 12.2 Å². The molecular weight excluding hydrogens is 1200 g/mol. The van der Waals surface area contributed by atoms with Gasteiger partial charge < -0.3 is 33.8 Å². The van der Waals surface area contributed by atoms with Gasteiger partial charge >= 0.3 is 39.5 Å². The van der Waals surface area contributed by atoms with Gasteiger partial charge in [-0.3, -0.25) is 37.3 Å². The van der Waals surface area contributed by atoms with Gasteiger partial charge in [0.1, 0.15) is 19.3 Å². The van der Waals surface area contributed by atoms with Crippen molar-refractivity contribution in [3.8, 4) is 0 Å². The highest BCUT2D eigenvalue weighted by atomic mass is 31.2.